The minimum Gasteiger partial charge on any atom is -0.493 e. The van der Waals surface area contributed by atoms with Gasteiger partial charge in [0.25, 0.3) is 0 Å². The molecule has 0 unspecified atom stereocenters. The first-order valence-corrected chi connectivity index (χ1v) is 4.22. The van der Waals surface area contributed by atoms with Gasteiger partial charge in [0.2, 0.25) is 0 Å². The molecule has 78 valence electrons. The highest BCUT2D eigenvalue weighted by molar-refractivity contribution is 5.64. The molecule has 4 heteroatoms. The van der Waals surface area contributed by atoms with E-state index in [0.29, 0.717) is 23.8 Å². The molecule has 14 heavy (non-hydrogen) atoms. The molecule has 0 aliphatic heterocycles. The summed E-state index contributed by atoms with van der Waals surface area (Å²) < 4.78 is 15.3. The van der Waals surface area contributed by atoms with Gasteiger partial charge in [-0.1, -0.05) is 6.07 Å². The molecule has 0 aliphatic rings. The number of ether oxygens (including phenoxy) is 3. The molecule has 0 atom stereocenters. The van der Waals surface area contributed by atoms with Gasteiger partial charge in [0, 0.05) is 12.7 Å². The number of nitrogens with two attached hydrogens (primary N) is 1. The van der Waals surface area contributed by atoms with Crippen molar-refractivity contribution in [3.05, 3.63) is 17.7 Å². The van der Waals surface area contributed by atoms with Crippen molar-refractivity contribution in [2.24, 2.45) is 0 Å². The molecular formula is C10H15NO3. The fourth-order valence-electron chi connectivity index (χ4n) is 1.27. The average molecular weight is 197 g/mol. The van der Waals surface area contributed by atoms with Crippen molar-refractivity contribution >= 4 is 5.69 Å². The Hall–Kier alpha value is -1.42. The lowest BCUT2D eigenvalue weighted by atomic mass is 10.1. The van der Waals surface area contributed by atoms with E-state index >= 15 is 0 Å². The molecule has 1 aromatic carbocycles. The molecule has 0 amide bonds. The summed E-state index contributed by atoms with van der Waals surface area (Å²) in [7, 11) is 4.76. The van der Waals surface area contributed by atoms with Gasteiger partial charge in [-0.25, -0.2) is 0 Å². The van der Waals surface area contributed by atoms with Gasteiger partial charge in [0.05, 0.1) is 26.5 Å². The smallest absolute Gasteiger partial charge is 0.184 e. The van der Waals surface area contributed by atoms with Crippen LogP contribution in [0.15, 0.2) is 12.1 Å². The lowest BCUT2D eigenvalue weighted by molar-refractivity contribution is 0.185. The molecule has 0 saturated heterocycles. The van der Waals surface area contributed by atoms with E-state index in [4.69, 9.17) is 19.9 Å². The Balaban J connectivity index is 3.13. The van der Waals surface area contributed by atoms with Crippen LogP contribution >= 0.6 is 0 Å². The molecular weight excluding hydrogens is 182 g/mol. The number of anilines is 1. The predicted octanol–water partition coefficient (Wildman–Crippen LogP) is 1.43. The highest BCUT2D eigenvalue weighted by Gasteiger charge is 2.11. The van der Waals surface area contributed by atoms with E-state index in [1.54, 1.807) is 21.3 Å². The van der Waals surface area contributed by atoms with Crippen molar-refractivity contribution in [1.82, 2.24) is 0 Å². The summed E-state index contributed by atoms with van der Waals surface area (Å²) in [5.41, 5.74) is 7.33. The zero-order valence-corrected chi connectivity index (χ0v) is 8.66. The fourth-order valence-corrected chi connectivity index (χ4v) is 1.27. The molecule has 4 nitrogen and oxygen atoms in total. The highest BCUT2D eigenvalue weighted by atomic mass is 16.5. The number of hydrogen-bond acceptors (Lipinski definition) is 4. The van der Waals surface area contributed by atoms with Crippen LogP contribution in [0.5, 0.6) is 11.5 Å². The van der Waals surface area contributed by atoms with E-state index in [9.17, 15) is 0 Å². The molecule has 0 radical (unpaired) electrons. The molecule has 0 aliphatic carbocycles. The number of methoxy groups -OCH3 is 3. The van der Waals surface area contributed by atoms with Crippen LogP contribution in [0.25, 0.3) is 0 Å². The summed E-state index contributed by atoms with van der Waals surface area (Å²) in [5.74, 6) is 1.19. The topological polar surface area (TPSA) is 53.7 Å². The normalized spacial score (nSPS) is 9.93. The predicted molar refractivity (Wildman–Crippen MR) is 54.7 cm³/mol. The van der Waals surface area contributed by atoms with E-state index in [0.717, 1.165) is 5.56 Å². The molecule has 0 aromatic heterocycles. The highest BCUT2D eigenvalue weighted by Crippen LogP contribution is 2.35. The Morgan fingerprint density at radius 2 is 1.86 bits per heavy atom. The van der Waals surface area contributed by atoms with E-state index < -0.39 is 0 Å². The zero-order chi connectivity index (χ0) is 10.6. The Kier molecular flexibility index (Phi) is 3.59. The van der Waals surface area contributed by atoms with E-state index in [2.05, 4.69) is 0 Å². The van der Waals surface area contributed by atoms with Gasteiger partial charge >= 0.3 is 0 Å². The Morgan fingerprint density at radius 1 is 1.14 bits per heavy atom. The quantitative estimate of drug-likeness (QED) is 0.742. The number of nitrogen functional groups attached to an aromatic ring is 1. The first kappa shape index (κ1) is 10.7. The van der Waals surface area contributed by atoms with Crippen LogP contribution < -0.4 is 15.2 Å². The van der Waals surface area contributed by atoms with Gasteiger partial charge in [-0.05, 0) is 6.07 Å². The van der Waals surface area contributed by atoms with Crippen LogP contribution in [-0.2, 0) is 11.3 Å². The summed E-state index contributed by atoms with van der Waals surface area (Å²) in [6, 6.07) is 3.67. The van der Waals surface area contributed by atoms with E-state index in [1.165, 1.54) is 0 Å². The summed E-state index contributed by atoms with van der Waals surface area (Å²) >= 11 is 0. The van der Waals surface area contributed by atoms with Crippen LogP contribution in [0, 0.1) is 0 Å². The second kappa shape index (κ2) is 4.72. The standard InChI is InChI=1S/C10H15NO3/c1-12-6-7-4-5-8(13-2)10(14-3)9(7)11/h4-5H,6,11H2,1-3H3. The van der Waals surface area contributed by atoms with E-state index in [-0.39, 0.29) is 0 Å². The number of rotatable bonds is 4. The summed E-state index contributed by atoms with van der Waals surface area (Å²) in [5, 5.41) is 0. The minimum absolute atomic E-state index is 0.464. The van der Waals surface area contributed by atoms with Crippen molar-refractivity contribution in [3.8, 4) is 11.5 Å². The Bertz CT molecular complexity index is 312. The number of benzene rings is 1. The third-order valence-corrected chi connectivity index (χ3v) is 1.97. The maximum atomic E-state index is 5.87. The van der Waals surface area contributed by atoms with Crippen LogP contribution in [0.1, 0.15) is 5.56 Å². The second-order valence-corrected chi connectivity index (χ2v) is 2.81. The van der Waals surface area contributed by atoms with Crippen LogP contribution in [0.2, 0.25) is 0 Å². The van der Waals surface area contributed by atoms with Crippen molar-refractivity contribution in [1.29, 1.82) is 0 Å². The van der Waals surface area contributed by atoms with Crippen LogP contribution in [0.4, 0.5) is 5.69 Å². The van der Waals surface area contributed by atoms with Crippen molar-refractivity contribution in [2.75, 3.05) is 27.1 Å². The maximum absolute atomic E-state index is 5.87. The van der Waals surface area contributed by atoms with Crippen molar-refractivity contribution < 1.29 is 14.2 Å². The van der Waals surface area contributed by atoms with Crippen molar-refractivity contribution in [2.45, 2.75) is 6.61 Å². The van der Waals surface area contributed by atoms with Crippen LogP contribution in [-0.4, -0.2) is 21.3 Å². The molecule has 1 rings (SSSR count). The summed E-state index contributed by atoms with van der Waals surface area (Å²) in [6.45, 7) is 0.464. The van der Waals surface area contributed by atoms with Gasteiger partial charge < -0.3 is 19.9 Å². The summed E-state index contributed by atoms with van der Waals surface area (Å²) in [6.07, 6.45) is 0. The minimum atomic E-state index is 0.464. The molecule has 0 heterocycles. The third kappa shape index (κ3) is 1.90. The zero-order valence-electron chi connectivity index (χ0n) is 8.66. The third-order valence-electron chi connectivity index (χ3n) is 1.97. The molecule has 1 aromatic rings. The second-order valence-electron chi connectivity index (χ2n) is 2.81. The largest absolute Gasteiger partial charge is 0.493 e. The van der Waals surface area contributed by atoms with Gasteiger partial charge in [0.1, 0.15) is 0 Å². The summed E-state index contributed by atoms with van der Waals surface area (Å²) in [4.78, 5) is 0. The van der Waals surface area contributed by atoms with Gasteiger partial charge in [-0.15, -0.1) is 0 Å². The van der Waals surface area contributed by atoms with Gasteiger partial charge in [-0.2, -0.15) is 0 Å². The van der Waals surface area contributed by atoms with Crippen molar-refractivity contribution in [3.63, 3.8) is 0 Å². The lowest BCUT2D eigenvalue weighted by Gasteiger charge is -2.13. The maximum Gasteiger partial charge on any atom is 0.184 e. The molecule has 0 spiro atoms. The molecule has 0 fully saturated rings. The van der Waals surface area contributed by atoms with E-state index in [1.807, 2.05) is 12.1 Å². The van der Waals surface area contributed by atoms with Gasteiger partial charge in [-0.3, -0.25) is 0 Å². The Labute approximate surface area is 83.6 Å². The fraction of sp³-hybridized carbons (Fsp3) is 0.400. The first-order chi connectivity index (χ1) is 6.74. The number of hydrogen-bond donors (Lipinski definition) is 1. The molecule has 0 bridgehead atoms. The van der Waals surface area contributed by atoms with Crippen LogP contribution in [0.3, 0.4) is 0 Å². The van der Waals surface area contributed by atoms with Gasteiger partial charge in [0.15, 0.2) is 11.5 Å². The molecule has 0 saturated carbocycles. The molecule has 2 N–H and O–H groups in total. The first-order valence-electron chi connectivity index (χ1n) is 4.22. The lowest BCUT2D eigenvalue weighted by Crippen LogP contribution is -2.01. The SMILES string of the molecule is COCc1ccc(OC)c(OC)c1N. The Morgan fingerprint density at radius 3 is 2.36 bits per heavy atom. The average Bonchev–Trinajstić information content (AvgIpc) is 2.21. The monoisotopic (exact) mass is 197 g/mol.